The van der Waals surface area contributed by atoms with E-state index in [4.69, 9.17) is 14.2 Å². The largest absolute Gasteiger partial charge is 0.508 e. The quantitative estimate of drug-likeness (QED) is 0.0491. The molecule has 8 nitrogen and oxygen atoms in total. The Balaban J connectivity index is 4.31. The van der Waals surface area contributed by atoms with E-state index in [1.807, 2.05) is 0 Å². The SMILES string of the molecule is CCCCCCCCC(CCCCCC)COC(=O)CCCCCCCCCC(CCCCCC)OC(=O)OCCN(CCO)CCN(CC)CC. The first-order valence-electron chi connectivity index (χ1n) is 22.5. The Hall–Kier alpha value is -1.38. The summed E-state index contributed by atoms with van der Waals surface area (Å²) in [5.74, 6) is 0.516. The van der Waals surface area contributed by atoms with Crippen LogP contribution in [0.4, 0.5) is 4.79 Å². The van der Waals surface area contributed by atoms with E-state index >= 15 is 0 Å². The Morgan fingerprint density at radius 1 is 0.519 bits per heavy atom. The zero-order valence-electron chi connectivity index (χ0n) is 35.3. The van der Waals surface area contributed by atoms with Crippen LogP contribution < -0.4 is 0 Å². The van der Waals surface area contributed by atoms with Gasteiger partial charge in [0.25, 0.3) is 0 Å². The third-order valence-electron chi connectivity index (χ3n) is 10.6. The number of likely N-dealkylation sites (N-methyl/N-ethyl adjacent to an activating group) is 1. The van der Waals surface area contributed by atoms with Crippen molar-refractivity contribution in [3.8, 4) is 0 Å². The Bertz CT molecular complexity index is 765. The lowest BCUT2D eigenvalue weighted by Gasteiger charge is -2.25. The average Bonchev–Trinajstić information content (AvgIpc) is 3.14. The fourth-order valence-corrected chi connectivity index (χ4v) is 6.98. The molecule has 1 N–H and O–H groups in total. The predicted octanol–water partition coefficient (Wildman–Crippen LogP) is 11.5. The molecule has 0 bridgehead atoms. The van der Waals surface area contributed by atoms with Gasteiger partial charge in [0.1, 0.15) is 12.7 Å². The van der Waals surface area contributed by atoms with Crippen molar-refractivity contribution in [1.29, 1.82) is 0 Å². The molecule has 0 aromatic carbocycles. The predicted molar refractivity (Wildman–Crippen MR) is 219 cm³/mol. The van der Waals surface area contributed by atoms with E-state index in [0.717, 1.165) is 77.5 Å². The molecule has 0 spiro atoms. The fraction of sp³-hybridized carbons (Fsp3) is 0.955. The van der Waals surface area contributed by atoms with Crippen molar-refractivity contribution in [2.75, 3.05) is 59.1 Å². The molecule has 0 amide bonds. The molecule has 0 aromatic heterocycles. The van der Waals surface area contributed by atoms with Gasteiger partial charge in [0.2, 0.25) is 0 Å². The van der Waals surface area contributed by atoms with Crippen molar-refractivity contribution < 1.29 is 28.9 Å². The number of rotatable bonds is 40. The molecule has 0 aliphatic heterocycles. The first kappa shape index (κ1) is 50.6. The molecule has 310 valence electrons. The number of esters is 1. The third-order valence-corrected chi connectivity index (χ3v) is 10.6. The molecule has 0 saturated carbocycles. The first-order valence-corrected chi connectivity index (χ1v) is 22.5. The lowest BCUT2D eigenvalue weighted by molar-refractivity contribution is -0.145. The zero-order valence-corrected chi connectivity index (χ0v) is 35.3. The summed E-state index contributed by atoms with van der Waals surface area (Å²) < 4.78 is 17.1. The molecular formula is C44H88N2O6. The standard InChI is InChI=1S/C44H88N2O6/c1-6-11-14-17-21-25-30-41(29-24-15-12-7-2)40-51-43(48)33-28-23-20-18-19-22-27-32-42(31-26-16-13-8-3)52-44(49)50-39-37-46(36-38-47)35-34-45(9-4)10-5/h41-42,47H,6-40H2,1-5H3. The summed E-state index contributed by atoms with van der Waals surface area (Å²) in [7, 11) is 0. The van der Waals surface area contributed by atoms with Crippen molar-refractivity contribution in [2.45, 2.75) is 208 Å². The van der Waals surface area contributed by atoms with E-state index in [2.05, 4.69) is 44.4 Å². The van der Waals surface area contributed by atoms with Gasteiger partial charge in [-0.1, -0.05) is 150 Å². The van der Waals surface area contributed by atoms with Gasteiger partial charge in [0.05, 0.1) is 13.2 Å². The van der Waals surface area contributed by atoms with Crippen LogP contribution in [0.15, 0.2) is 0 Å². The monoisotopic (exact) mass is 741 g/mol. The molecule has 8 heteroatoms. The van der Waals surface area contributed by atoms with E-state index in [1.54, 1.807) is 0 Å². The summed E-state index contributed by atoms with van der Waals surface area (Å²) >= 11 is 0. The number of aliphatic hydroxyl groups excluding tert-OH is 1. The number of unbranched alkanes of at least 4 members (excludes halogenated alkanes) is 17. The van der Waals surface area contributed by atoms with E-state index < -0.39 is 6.16 Å². The molecule has 0 aliphatic carbocycles. The van der Waals surface area contributed by atoms with E-state index in [0.29, 0.717) is 32.0 Å². The molecule has 2 unspecified atom stereocenters. The van der Waals surface area contributed by atoms with Crippen LogP contribution >= 0.6 is 0 Å². The maximum atomic E-state index is 12.6. The molecule has 0 rings (SSSR count). The second-order valence-electron chi connectivity index (χ2n) is 15.2. The van der Waals surface area contributed by atoms with E-state index in [9.17, 15) is 14.7 Å². The summed E-state index contributed by atoms with van der Waals surface area (Å²) in [5, 5.41) is 9.46. The minimum Gasteiger partial charge on any atom is -0.465 e. The van der Waals surface area contributed by atoms with E-state index in [1.165, 1.54) is 109 Å². The number of carbonyl (C=O) groups is 2. The molecule has 0 radical (unpaired) electrons. The lowest BCUT2D eigenvalue weighted by Crippen LogP contribution is -2.38. The highest BCUT2D eigenvalue weighted by Gasteiger charge is 2.17. The van der Waals surface area contributed by atoms with Crippen LogP contribution in [0.1, 0.15) is 202 Å². The number of hydrogen-bond donors (Lipinski definition) is 1. The minimum atomic E-state index is -0.563. The van der Waals surface area contributed by atoms with Crippen molar-refractivity contribution in [3.05, 3.63) is 0 Å². The van der Waals surface area contributed by atoms with Crippen molar-refractivity contribution in [2.24, 2.45) is 5.92 Å². The van der Waals surface area contributed by atoms with Crippen LogP contribution in [-0.2, 0) is 19.0 Å². The van der Waals surface area contributed by atoms with Gasteiger partial charge in [0, 0.05) is 32.6 Å². The average molecular weight is 741 g/mol. The second-order valence-corrected chi connectivity index (χ2v) is 15.2. The number of ether oxygens (including phenoxy) is 3. The smallest absolute Gasteiger partial charge is 0.465 e. The summed E-state index contributed by atoms with van der Waals surface area (Å²) in [6, 6.07) is 0. The Morgan fingerprint density at radius 3 is 1.50 bits per heavy atom. The number of hydrogen-bond acceptors (Lipinski definition) is 8. The van der Waals surface area contributed by atoms with Crippen LogP contribution in [-0.4, -0.2) is 92.2 Å². The van der Waals surface area contributed by atoms with Gasteiger partial charge in [-0.05, 0) is 64.0 Å². The molecule has 0 aromatic rings. The van der Waals surface area contributed by atoms with Crippen LogP contribution in [0.5, 0.6) is 0 Å². The van der Waals surface area contributed by atoms with Crippen molar-refractivity contribution >= 4 is 12.1 Å². The summed E-state index contributed by atoms with van der Waals surface area (Å²) in [4.78, 5) is 29.6. The van der Waals surface area contributed by atoms with Crippen molar-refractivity contribution in [3.63, 3.8) is 0 Å². The second kappa shape index (κ2) is 39.3. The molecule has 52 heavy (non-hydrogen) atoms. The maximum Gasteiger partial charge on any atom is 0.508 e. The minimum absolute atomic E-state index is 0.0113. The Morgan fingerprint density at radius 2 is 0.981 bits per heavy atom. The topological polar surface area (TPSA) is 88.5 Å². The third kappa shape index (κ3) is 33.2. The first-order chi connectivity index (χ1) is 25.4. The molecule has 0 heterocycles. The van der Waals surface area contributed by atoms with Crippen LogP contribution in [0.3, 0.4) is 0 Å². The van der Waals surface area contributed by atoms with Crippen LogP contribution in [0.25, 0.3) is 0 Å². The van der Waals surface area contributed by atoms with Crippen molar-refractivity contribution in [1.82, 2.24) is 9.80 Å². The lowest BCUT2D eigenvalue weighted by atomic mass is 9.95. The molecule has 2 atom stereocenters. The summed E-state index contributed by atoms with van der Waals surface area (Å²) in [5.41, 5.74) is 0. The van der Waals surface area contributed by atoms with Crippen LogP contribution in [0.2, 0.25) is 0 Å². The number of nitrogens with zero attached hydrogens (tertiary/aromatic N) is 2. The van der Waals surface area contributed by atoms with Gasteiger partial charge in [-0.15, -0.1) is 0 Å². The van der Waals surface area contributed by atoms with Crippen LogP contribution in [0, 0.1) is 5.92 Å². The summed E-state index contributed by atoms with van der Waals surface area (Å²) in [6.45, 7) is 17.0. The highest BCUT2D eigenvalue weighted by molar-refractivity contribution is 5.69. The van der Waals surface area contributed by atoms with Gasteiger partial charge in [-0.25, -0.2) is 4.79 Å². The van der Waals surface area contributed by atoms with Gasteiger partial charge in [-0.3, -0.25) is 9.69 Å². The number of aliphatic hydroxyl groups is 1. The Kier molecular flexibility index (Phi) is 38.3. The van der Waals surface area contributed by atoms with Gasteiger partial charge >= 0.3 is 12.1 Å². The highest BCUT2D eigenvalue weighted by Crippen LogP contribution is 2.21. The van der Waals surface area contributed by atoms with Gasteiger partial charge < -0.3 is 24.2 Å². The molecule has 0 fully saturated rings. The molecular weight excluding hydrogens is 652 g/mol. The molecule has 0 aliphatic rings. The maximum absolute atomic E-state index is 12.6. The highest BCUT2D eigenvalue weighted by atomic mass is 16.7. The van der Waals surface area contributed by atoms with Gasteiger partial charge in [-0.2, -0.15) is 0 Å². The Labute approximate surface area is 322 Å². The zero-order chi connectivity index (χ0) is 38.3. The number of carbonyl (C=O) groups excluding carboxylic acids is 2. The van der Waals surface area contributed by atoms with Gasteiger partial charge in [0.15, 0.2) is 0 Å². The summed E-state index contributed by atoms with van der Waals surface area (Å²) in [6.07, 6.45) is 29.4. The normalized spacial score (nSPS) is 12.8. The van der Waals surface area contributed by atoms with E-state index in [-0.39, 0.29) is 25.3 Å². The fourth-order valence-electron chi connectivity index (χ4n) is 6.98. The molecule has 0 saturated heterocycles.